The predicted octanol–water partition coefficient (Wildman–Crippen LogP) is 2.61. The third-order valence-corrected chi connectivity index (χ3v) is 3.23. The summed E-state index contributed by atoms with van der Waals surface area (Å²) in [6, 6.07) is 0. The molecule has 20 heavy (non-hydrogen) atoms. The van der Waals surface area contributed by atoms with Crippen LogP contribution in [0.3, 0.4) is 0 Å². The molecule has 1 atom stereocenters. The second kappa shape index (κ2) is 8.72. The summed E-state index contributed by atoms with van der Waals surface area (Å²) < 4.78 is 0. The van der Waals surface area contributed by atoms with Crippen molar-refractivity contribution in [1.29, 1.82) is 0 Å². The molecule has 0 aromatic carbocycles. The minimum Gasteiger partial charge on any atom is -0.297 e. The Hall–Kier alpha value is -1.39. The van der Waals surface area contributed by atoms with Gasteiger partial charge in [0.25, 0.3) is 0 Å². The van der Waals surface area contributed by atoms with Crippen molar-refractivity contribution in [3.05, 3.63) is 0 Å². The summed E-state index contributed by atoms with van der Waals surface area (Å²) in [6.45, 7) is 11.3. The van der Waals surface area contributed by atoms with Gasteiger partial charge in [-0.25, -0.2) is 4.99 Å². The molecule has 1 unspecified atom stereocenters. The van der Waals surface area contributed by atoms with Crippen molar-refractivity contribution in [2.75, 3.05) is 0 Å². The van der Waals surface area contributed by atoms with E-state index < -0.39 is 0 Å². The molecular formula is C15H29N3O2. The average Bonchev–Trinajstić information content (AvgIpc) is 2.26. The Bertz CT molecular complexity index is 346. The van der Waals surface area contributed by atoms with Crippen LogP contribution in [0.5, 0.6) is 0 Å². The molecule has 0 aliphatic rings. The van der Waals surface area contributed by atoms with Gasteiger partial charge < -0.3 is 0 Å². The van der Waals surface area contributed by atoms with Crippen molar-refractivity contribution < 1.29 is 9.59 Å². The zero-order valence-corrected chi connectivity index (χ0v) is 13.7. The van der Waals surface area contributed by atoms with Crippen LogP contribution in [0.1, 0.15) is 67.2 Å². The van der Waals surface area contributed by atoms with Crippen LogP contribution in [0.2, 0.25) is 0 Å². The number of rotatable bonds is 6. The highest BCUT2D eigenvalue weighted by Crippen LogP contribution is 2.24. The lowest BCUT2D eigenvalue weighted by Gasteiger charge is -2.25. The van der Waals surface area contributed by atoms with Crippen LogP contribution >= 0.6 is 0 Å². The lowest BCUT2D eigenvalue weighted by atomic mass is 9.91. The number of carbonyl (C=O) groups excluding carboxylic acids is 2. The van der Waals surface area contributed by atoms with E-state index >= 15 is 0 Å². The van der Waals surface area contributed by atoms with E-state index in [4.69, 9.17) is 0 Å². The highest BCUT2D eigenvalue weighted by Gasteiger charge is 2.22. The number of hydrogen-bond acceptors (Lipinski definition) is 3. The summed E-state index contributed by atoms with van der Waals surface area (Å²) in [5.41, 5.74) is -0.269. The fourth-order valence-electron chi connectivity index (χ4n) is 1.89. The van der Waals surface area contributed by atoms with Gasteiger partial charge in [-0.15, -0.1) is 0 Å². The van der Waals surface area contributed by atoms with Crippen molar-refractivity contribution in [1.82, 2.24) is 10.6 Å². The van der Waals surface area contributed by atoms with Gasteiger partial charge in [-0.2, -0.15) is 0 Å². The van der Waals surface area contributed by atoms with Crippen molar-refractivity contribution in [3.8, 4) is 0 Å². The minimum absolute atomic E-state index is 0.238. The van der Waals surface area contributed by atoms with Gasteiger partial charge in [0.15, 0.2) is 0 Å². The highest BCUT2D eigenvalue weighted by atomic mass is 16.2. The summed E-state index contributed by atoms with van der Waals surface area (Å²) in [5, 5.41) is 5.16. The SMILES string of the molecule is CCC(C)(CCCC(C)C)N=C(NC(C)=O)NC(C)=O. The van der Waals surface area contributed by atoms with Crippen LogP contribution in [0.15, 0.2) is 4.99 Å². The molecule has 0 aliphatic carbocycles. The molecule has 0 saturated heterocycles. The molecule has 0 radical (unpaired) electrons. The van der Waals surface area contributed by atoms with Gasteiger partial charge in [0.2, 0.25) is 17.8 Å². The van der Waals surface area contributed by atoms with Gasteiger partial charge in [-0.05, 0) is 25.7 Å². The van der Waals surface area contributed by atoms with Crippen LogP contribution in [-0.2, 0) is 9.59 Å². The second-order valence-electron chi connectivity index (χ2n) is 5.96. The smallest absolute Gasteiger partial charge is 0.223 e. The van der Waals surface area contributed by atoms with Crippen LogP contribution in [-0.4, -0.2) is 23.3 Å². The summed E-state index contributed by atoms with van der Waals surface area (Å²) >= 11 is 0. The Labute approximate surface area is 122 Å². The lowest BCUT2D eigenvalue weighted by molar-refractivity contribution is -0.118. The Kier molecular flexibility index (Phi) is 8.11. The van der Waals surface area contributed by atoms with E-state index in [0.717, 1.165) is 25.7 Å². The van der Waals surface area contributed by atoms with E-state index in [9.17, 15) is 9.59 Å². The third-order valence-electron chi connectivity index (χ3n) is 3.23. The summed E-state index contributed by atoms with van der Waals surface area (Å²) in [5.74, 6) is 0.445. The maximum Gasteiger partial charge on any atom is 0.223 e. The largest absolute Gasteiger partial charge is 0.297 e. The second-order valence-corrected chi connectivity index (χ2v) is 5.96. The summed E-state index contributed by atoms with van der Waals surface area (Å²) in [4.78, 5) is 26.9. The van der Waals surface area contributed by atoms with Gasteiger partial charge in [-0.1, -0.05) is 33.6 Å². The number of nitrogens with one attached hydrogen (secondary N) is 2. The molecule has 2 amide bonds. The monoisotopic (exact) mass is 283 g/mol. The molecular weight excluding hydrogens is 254 g/mol. The van der Waals surface area contributed by atoms with E-state index in [1.807, 2.05) is 0 Å². The normalized spacial score (nSPS) is 13.6. The first kappa shape index (κ1) is 18.6. The maximum absolute atomic E-state index is 11.2. The Morgan fingerprint density at radius 3 is 2.00 bits per heavy atom. The molecule has 0 aromatic rings. The van der Waals surface area contributed by atoms with Crippen LogP contribution in [0.4, 0.5) is 0 Å². The van der Waals surface area contributed by atoms with Crippen LogP contribution < -0.4 is 10.6 Å². The molecule has 5 nitrogen and oxygen atoms in total. The molecule has 0 bridgehead atoms. The van der Waals surface area contributed by atoms with E-state index in [1.54, 1.807) is 0 Å². The van der Waals surface area contributed by atoms with Crippen molar-refractivity contribution >= 4 is 17.8 Å². The summed E-state index contributed by atoms with van der Waals surface area (Å²) in [7, 11) is 0. The van der Waals surface area contributed by atoms with Crippen LogP contribution in [0, 0.1) is 5.92 Å². The molecule has 0 aliphatic heterocycles. The number of amides is 2. The standard InChI is InChI=1S/C15H29N3O2/c1-7-15(6,10-8-9-11(2)3)18-14(16-12(4)19)17-13(5)20/h11H,7-10H2,1-6H3,(H2,16,17,18,19,20). The number of aliphatic imine (C=N–C) groups is 1. The third kappa shape index (κ3) is 8.67. The van der Waals surface area contributed by atoms with Gasteiger partial charge in [0.1, 0.15) is 0 Å². The maximum atomic E-state index is 11.2. The van der Waals surface area contributed by atoms with Gasteiger partial charge >= 0.3 is 0 Å². The van der Waals surface area contributed by atoms with E-state index in [1.165, 1.54) is 13.8 Å². The zero-order chi connectivity index (χ0) is 15.8. The first-order chi connectivity index (χ1) is 9.18. The Morgan fingerprint density at radius 2 is 1.65 bits per heavy atom. The fourth-order valence-corrected chi connectivity index (χ4v) is 1.89. The Morgan fingerprint density at radius 1 is 1.15 bits per heavy atom. The van der Waals surface area contributed by atoms with Gasteiger partial charge in [0.05, 0.1) is 5.54 Å². The fraction of sp³-hybridized carbons (Fsp3) is 0.800. The number of hydrogen-bond donors (Lipinski definition) is 2. The predicted molar refractivity (Wildman–Crippen MR) is 82.5 cm³/mol. The van der Waals surface area contributed by atoms with E-state index in [-0.39, 0.29) is 23.3 Å². The number of carbonyl (C=O) groups is 2. The topological polar surface area (TPSA) is 70.6 Å². The number of guanidine groups is 1. The first-order valence-electron chi connectivity index (χ1n) is 7.33. The quantitative estimate of drug-likeness (QED) is 0.581. The molecule has 116 valence electrons. The molecule has 0 fully saturated rings. The lowest BCUT2D eigenvalue weighted by Crippen LogP contribution is -2.44. The van der Waals surface area contributed by atoms with E-state index in [0.29, 0.717) is 5.92 Å². The summed E-state index contributed by atoms with van der Waals surface area (Å²) in [6.07, 6.45) is 4.03. The van der Waals surface area contributed by atoms with Crippen molar-refractivity contribution in [3.63, 3.8) is 0 Å². The first-order valence-corrected chi connectivity index (χ1v) is 7.33. The van der Waals surface area contributed by atoms with E-state index in [2.05, 4.69) is 43.3 Å². The molecule has 0 spiro atoms. The van der Waals surface area contributed by atoms with Crippen molar-refractivity contribution in [2.45, 2.75) is 72.8 Å². The molecule has 2 N–H and O–H groups in total. The zero-order valence-electron chi connectivity index (χ0n) is 13.7. The van der Waals surface area contributed by atoms with Gasteiger partial charge in [0, 0.05) is 13.8 Å². The van der Waals surface area contributed by atoms with Crippen LogP contribution in [0.25, 0.3) is 0 Å². The Balaban J connectivity index is 4.88. The minimum atomic E-state index is -0.269. The molecule has 0 rings (SSSR count). The molecule has 0 saturated carbocycles. The molecule has 0 aromatic heterocycles. The van der Waals surface area contributed by atoms with Crippen molar-refractivity contribution in [2.24, 2.45) is 10.9 Å². The average molecular weight is 283 g/mol. The highest BCUT2D eigenvalue weighted by molar-refractivity contribution is 6.03. The number of nitrogens with zero attached hydrogens (tertiary/aromatic N) is 1. The molecule has 0 heterocycles. The molecule has 5 heteroatoms. The van der Waals surface area contributed by atoms with Gasteiger partial charge in [-0.3, -0.25) is 20.2 Å².